The van der Waals surface area contributed by atoms with Crippen molar-refractivity contribution in [3.63, 3.8) is 0 Å². The number of nitro groups is 1. The van der Waals surface area contributed by atoms with E-state index in [1.807, 2.05) is 6.07 Å². The van der Waals surface area contributed by atoms with Crippen LogP contribution < -0.4 is 4.74 Å². The van der Waals surface area contributed by atoms with E-state index in [0.717, 1.165) is 0 Å². The summed E-state index contributed by atoms with van der Waals surface area (Å²) in [6.07, 6.45) is 1.28. The van der Waals surface area contributed by atoms with Crippen LogP contribution in [0.1, 0.15) is 5.56 Å². The molecule has 0 bridgehead atoms. The second-order valence-electron chi connectivity index (χ2n) is 3.45. The summed E-state index contributed by atoms with van der Waals surface area (Å²) >= 11 is 0. The molecule has 0 unspecified atom stereocenters. The molecule has 1 heterocycles. The maximum atomic E-state index is 10.8. The van der Waals surface area contributed by atoms with Crippen LogP contribution >= 0.6 is 0 Å². The van der Waals surface area contributed by atoms with Gasteiger partial charge in [-0.15, -0.1) is 0 Å². The molecule has 7 heteroatoms. The monoisotopic (exact) mass is 244 g/mol. The third-order valence-corrected chi connectivity index (χ3v) is 2.25. The van der Waals surface area contributed by atoms with Crippen LogP contribution in [0.25, 0.3) is 0 Å². The fourth-order valence-corrected chi connectivity index (χ4v) is 1.40. The molecular formula is C11H8N4O3. The minimum Gasteiger partial charge on any atom is -0.432 e. The van der Waals surface area contributed by atoms with Gasteiger partial charge in [0.2, 0.25) is 6.33 Å². The Morgan fingerprint density at radius 3 is 2.89 bits per heavy atom. The molecule has 18 heavy (non-hydrogen) atoms. The molecule has 0 N–H and O–H groups in total. The molecule has 0 atom stereocenters. The Morgan fingerprint density at radius 1 is 1.50 bits per heavy atom. The highest BCUT2D eigenvalue weighted by molar-refractivity contribution is 5.46. The Bertz CT molecular complexity index is 642. The lowest BCUT2D eigenvalue weighted by molar-refractivity contribution is -0.390. The van der Waals surface area contributed by atoms with E-state index >= 15 is 0 Å². The first-order chi connectivity index (χ1) is 8.63. The van der Waals surface area contributed by atoms with Crippen LogP contribution in [0, 0.1) is 21.4 Å². The summed E-state index contributed by atoms with van der Waals surface area (Å²) in [5, 5.41) is 19.7. The molecule has 0 amide bonds. The maximum absolute atomic E-state index is 10.8. The van der Waals surface area contributed by atoms with Gasteiger partial charge in [-0.05, 0) is 22.0 Å². The highest BCUT2D eigenvalue weighted by Gasteiger charge is 2.23. The normalized spacial score (nSPS) is 9.78. The quantitative estimate of drug-likeness (QED) is 0.607. The van der Waals surface area contributed by atoms with E-state index in [-0.39, 0.29) is 17.4 Å². The number of ether oxygens (including phenoxy) is 1. The van der Waals surface area contributed by atoms with Gasteiger partial charge >= 0.3 is 11.7 Å². The summed E-state index contributed by atoms with van der Waals surface area (Å²) in [4.78, 5) is 13.8. The number of benzene rings is 1. The van der Waals surface area contributed by atoms with Gasteiger partial charge in [0.1, 0.15) is 11.8 Å². The van der Waals surface area contributed by atoms with Crippen LogP contribution in [0.15, 0.2) is 30.6 Å². The highest BCUT2D eigenvalue weighted by Crippen LogP contribution is 2.30. The van der Waals surface area contributed by atoms with Crippen molar-refractivity contribution in [1.82, 2.24) is 9.55 Å². The van der Waals surface area contributed by atoms with Crippen LogP contribution in [-0.4, -0.2) is 14.5 Å². The molecule has 0 aliphatic heterocycles. The Morgan fingerprint density at radius 2 is 2.22 bits per heavy atom. The predicted molar refractivity (Wildman–Crippen MR) is 61.1 cm³/mol. The standard InChI is InChI=1S/C11H8N4O3/c1-14-7-13-10(15(16)17)11(14)18-9-5-3-2-4-8(9)6-12/h2-5,7H,1H3. The topological polar surface area (TPSA) is 94.0 Å². The van der Waals surface area contributed by atoms with E-state index in [4.69, 9.17) is 10.00 Å². The molecule has 7 nitrogen and oxygen atoms in total. The lowest BCUT2D eigenvalue weighted by Gasteiger charge is -2.06. The summed E-state index contributed by atoms with van der Waals surface area (Å²) in [6, 6.07) is 8.45. The molecule has 0 aliphatic rings. The molecule has 0 spiro atoms. The minimum absolute atomic E-state index is 0.0114. The molecule has 2 rings (SSSR count). The SMILES string of the molecule is Cn1cnc([N+](=O)[O-])c1Oc1ccccc1C#N. The zero-order valence-corrected chi connectivity index (χ0v) is 9.40. The van der Waals surface area contributed by atoms with Crippen LogP contribution in [0.5, 0.6) is 11.6 Å². The minimum atomic E-state index is -0.635. The van der Waals surface area contributed by atoms with Crippen molar-refractivity contribution in [2.75, 3.05) is 0 Å². The Balaban J connectivity index is 2.43. The largest absolute Gasteiger partial charge is 0.432 e. The third kappa shape index (κ3) is 1.99. The summed E-state index contributed by atoms with van der Waals surface area (Å²) < 4.78 is 6.78. The number of nitriles is 1. The Labute approximate surface area is 102 Å². The van der Waals surface area contributed by atoms with Crippen molar-refractivity contribution in [3.05, 3.63) is 46.3 Å². The highest BCUT2D eigenvalue weighted by atomic mass is 16.6. The predicted octanol–water partition coefficient (Wildman–Crippen LogP) is 1.99. The van der Waals surface area contributed by atoms with Gasteiger partial charge in [0.15, 0.2) is 0 Å². The maximum Gasteiger partial charge on any atom is 0.427 e. The zero-order valence-electron chi connectivity index (χ0n) is 9.40. The third-order valence-electron chi connectivity index (χ3n) is 2.25. The summed E-state index contributed by atoms with van der Waals surface area (Å²) in [6.45, 7) is 0. The average Bonchev–Trinajstić information content (AvgIpc) is 2.72. The van der Waals surface area contributed by atoms with Crippen molar-refractivity contribution in [1.29, 1.82) is 5.26 Å². The smallest absolute Gasteiger partial charge is 0.427 e. The summed E-state index contributed by atoms with van der Waals surface area (Å²) in [5.74, 6) is -0.139. The number of imidazole rings is 1. The lowest BCUT2D eigenvalue weighted by atomic mass is 10.2. The van der Waals surface area contributed by atoms with Gasteiger partial charge in [0.05, 0.1) is 5.56 Å². The molecular weight excluding hydrogens is 236 g/mol. The fraction of sp³-hybridized carbons (Fsp3) is 0.0909. The first-order valence-corrected chi connectivity index (χ1v) is 4.96. The first-order valence-electron chi connectivity index (χ1n) is 4.96. The number of aryl methyl sites for hydroxylation is 1. The van der Waals surface area contributed by atoms with E-state index in [0.29, 0.717) is 5.56 Å². The number of para-hydroxylation sites is 1. The molecule has 1 aromatic heterocycles. The molecule has 90 valence electrons. The molecule has 0 saturated heterocycles. The van der Waals surface area contributed by atoms with Gasteiger partial charge in [-0.2, -0.15) is 5.26 Å². The zero-order chi connectivity index (χ0) is 13.1. The molecule has 0 aliphatic carbocycles. The van der Waals surface area contributed by atoms with Crippen LogP contribution in [0.3, 0.4) is 0 Å². The van der Waals surface area contributed by atoms with Gasteiger partial charge in [-0.3, -0.25) is 4.57 Å². The lowest BCUT2D eigenvalue weighted by Crippen LogP contribution is -1.97. The molecule has 2 aromatic rings. The number of hydrogen-bond donors (Lipinski definition) is 0. The average molecular weight is 244 g/mol. The second-order valence-corrected chi connectivity index (χ2v) is 3.45. The van der Waals surface area contributed by atoms with Crippen LogP contribution in [0.2, 0.25) is 0 Å². The number of hydrogen-bond acceptors (Lipinski definition) is 5. The summed E-state index contributed by atoms with van der Waals surface area (Å²) in [7, 11) is 1.57. The van der Waals surface area contributed by atoms with E-state index in [1.54, 1.807) is 31.3 Å². The van der Waals surface area contributed by atoms with Gasteiger partial charge in [0.25, 0.3) is 0 Å². The summed E-state index contributed by atoms with van der Waals surface area (Å²) in [5.41, 5.74) is 0.299. The molecule has 1 aromatic carbocycles. The van der Waals surface area contributed by atoms with Crippen molar-refractivity contribution < 1.29 is 9.66 Å². The number of aromatic nitrogens is 2. The number of rotatable bonds is 3. The van der Waals surface area contributed by atoms with E-state index in [9.17, 15) is 10.1 Å². The van der Waals surface area contributed by atoms with E-state index < -0.39 is 4.92 Å². The van der Waals surface area contributed by atoms with Gasteiger partial charge in [0, 0.05) is 7.05 Å². The fourth-order valence-electron chi connectivity index (χ4n) is 1.40. The Kier molecular flexibility index (Phi) is 2.93. The van der Waals surface area contributed by atoms with Crippen molar-refractivity contribution in [2.45, 2.75) is 0 Å². The molecule has 0 fully saturated rings. The van der Waals surface area contributed by atoms with Gasteiger partial charge in [-0.25, -0.2) is 0 Å². The van der Waals surface area contributed by atoms with Gasteiger partial charge in [-0.1, -0.05) is 12.1 Å². The van der Waals surface area contributed by atoms with E-state index in [1.165, 1.54) is 10.9 Å². The van der Waals surface area contributed by atoms with Crippen LogP contribution in [0.4, 0.5) is 5.82 Å². The van der Waals surface area contributed by atoms with Crippen molar-refractivity contribution in [3.8, 4) is 17.7 Å². The first kappa shape index (κ1) is 11.6. The van der Waals surface area contributed by atoms with Gasteiger partial charge < -0.3 is 14.9 Å². The molecule has 0 radical (unpaired) electrons. The van der Waals surface area contributed by atoms with E-state index in [2.05, 4.69) is 4.98 Å². The van der Waals surface area contributed by atoms with Crippen LogP contribution in [-0.2, 0) is 7.05 Å². The second kappa shape index (κ2) is 4.55. The molecule has 0 saturated carbocycles. The van der Waals surface area contributed by atoms with Crippen molar-refractivity contribution in [2.24, 2.45) is 7.05 Å². The Hall–Kier alpha value is -2.88. The number of nitrogens with zero attached hydrogens (tertiary/aromatic N) is 4. The van der Waals surface area contributed by atoms with Crippen molar-refractivity contribution >= 4 is 5.82 Å².